The van der Waals surface area contributed by atoms with Crippen molar-refractivity contribution in [2.45, 2.75) is 0 Å². The zero-order chi connectivity index (χ0) is 5.11. The fourth-order valence-corrected chi connectivity index (χ4v) is 0.555. The van der Waals surface area contributed by atoms with E-state index in [1.54, 1.807) is 0 Å². The molecule has 1 heterocycles. The standard InChI is InChI=1S/C4H8N2O.2H2/c7-4-3-5-1-2-6-4;;/h5H,1-3H2,(H,6,7);2*1H. The maximum absolute atomic E-state index is 10.3. The summed E-state index contributed by atoms with van der Waals surface area (Å²) in [6, 6.07) is 0. The molecule has 1 aliphatic rings. The molecule has 7 heavy (non-hydrogen) atoms. The zero-order valence-electron chi connectivity index (χ0n) is 4.03. The van der Waals surface area contributed by atoms with Crippen molar-refractivity contribution in [3.63, 3.8) is 0 Å². The number of hydrogen-bond acceptors (Lipinski definition) is 2. The zero-order valence-corrected chi connectivity index (χ0v) is 4.03. The Balaban J connectivity index is 0. The van der Waals surface area contributed by atoms with Gasteiger partial charge in [-0.3, -0.25) is 4.79 Å². The van der Waals surface area contributed by atoms with E-state index < -0.39 is 0 Å². The number of carbonyl (C=O) groups is 1. The van der Waals surface area contributed by atoms with E-state index in [0.717, 1.165) is 13.1 Å². The van der Waals surface area contributed by atoms with E-state index in [1.807, 2.05) is 0 Å². The summed E-state index contributed by atoms with van der Waals surface area (Å²) in [4.78, 5) is 10.3. The number of carbonyl (C=O) groups excluding carboxylic acids is 1. The lowest BCUT2D eigenvalue weighted by molar-refractivity contribution is -0.121. The summed E-state index contributed by atoms with van der Waals surface area (Å²) < 4.78 is 0. The monoisotopic (exact) mass is 104 g/mol. The van der Waals surface area contributed by atoms with Crippen LogP contribution in [-0.2, 0) is 4.79 Å². The number of amides is 1. The van der Waals surface area contributed by atoms with Crippen molar-refractivity contribution in [2.24, 2.45) is 0 Å². The van der Waals surface area contributed by atoms with Crippen LogP contribution in [0.2, 0.25) is 0 Å². The highest BCUT2D eigenvalue weighted by molar-refractivity contribution is 5.78. The highest BCUT2D eigenvalue weighted by Crippen LogP contribution is 1.69. The van der Waals surface area contributed by atoms with Crippen LogP contribution in [0.3, 0.4) is 0 Å². The molecular weight excluding hydrogens is 92.1 g/mol. The van der Waals surface area contributed by atoms with Crippen LogP contribution in [0.15, 0.2) is 0 Å². The van der Waals surface area contributed by atoms with Crippen LogP contribution in [0.25, 0.3) is 0 Å². The van der Waals surface area contributed by atoms with E-state index >= 15 is 0 Å². The third-order valence-corrected chi connectivity index (χ3v) is 0.910. The van der Waals surface area contributed by atoms with Crippen LogP contribution in [-0.4, -0.2) is 25.5 Å². The third kappa shape index (κ3) is 1.16. The average molecular weight is 104 g/mol. The highest BCUT2D eigenvalue weighted by atomic mass is 16.2. The molecule has 2 N–H and O–H groups in total. The van der Waals surface area contributed by atoms with Crippen molar-refractivity contribution >= 4 is 5.91 Å². The van der Waals surface area contributed by atoms with Crippen molar-refractivity contribution < 1.29 is 7.65 Å². The van der Waals surface area contributed by atoms with E-state index in [2.05, 4.69) is 10.6 Å². The van der Waals surface area contributed by atoms with E-state index in [0.29, 0.717) is 6.54 Å². The molecular formula is C4H12N2O. The summed E-state index contributed by atoms with van der Waals surface area (Å²) >= 11 is 0. The van der Waals surface area contributed by atoms with Gasteiger partial charge in [0, 0.05) is 15.9 Å². The lowest BCUT2D eigenvalue weighted by Crippen LogP contribution is -2.44. The molecule has 1 rings (SSSR count). The Morgan fingerprint density at radius 1 is 1.57 bits per heavy atom. The van der Waals surface area contributed by atoms with E-state index in [-0.39, 0.29) is 8.76 Å². The van der Waals surface area contributed by atoms with Gasteiger partial charge < -0.3 is 10.6 Å². The predicted molar refractivity (Wildman–Crippen MR) is 30.1 cm³/mol. The maximum Gasteiger partial charge on any atom is 0.234 e. The van der Waals surface area contributed by atoms with Crippen LogP contribution in [0.5, 0.6) is 0 Å². The smallest absolute Gasteiger partial charge is 0.234 e. The summed E-state index contributed by atoms with van der Waals surface area (Å²) in [5.74, 6) is 0.103. The van der Waals surface area contributed by atoms with Gasteiger partial charge in [-0.05, 0) is 0 Å². The Hall–Kier alpha value is -0.570. The normalized spacial score (nSPS) is 21.4. The van der Waals surface area contributed by atoms with Gasteiger partial charge in [-0.25, -0.2) is 0 Å². The van der Waals surface area contributed by atoms with Gasteiger partial charge in [0.25, 0.3) is 0 Å². The molecule has 0 unspecified atom stereocenters. The topological polar surface area (TPSA) is 41.1 Å². The molecule has 1 amide bonds. The minimum atomic E-state index is 0. The Morgan fingerprint density at radius 2 is 2.43 bits per heavy atom. The molecule has 1 aliphatic heterocycles. The minimum absolute atomic E-state index is 0. The molecule has 0 aromatic rings. The number of hydrogen-bond donors (Lipinski definition) is 2. The van der Waals surface area contributed by atoms with E-state index in [9.17, 15) is 4.79 Å². The summed E-state index contributed by atoms with van der Waals surface area (Å²) in [6.45, 7) is 2.17. The highest BCUT2D eigenvalue weighted by Gasteiger charge is 2.02. The van der Waals surface area contributed by atoms with Crippen molar-refractivity contribution in [1.29, 1.82) is 0 Å². The summed E-state index contributed by atoms with van der Waals surface area (Å²) in [6.07, 6.45) is 0. The second-order valence-corrected chi connectivity index (χ2v) is 1.53. The Bertz CT molecular complexity index is 80.6. The van der Waals surface area contributed by atoms with Gasteiger partial charge >= 0.3 is 0 Å². The van der Waals surface area contributed by atoms with Gasteiger partial charge in [0.2, 0.25) is 5.91 Å². The van der Waals surface area contributed by atoms with Crippen LogP contribution in [0, 0.1) is 0 Å². The number of rotatable bonds is 0. The molecule has 44 valence electrons. The first-order chi connectivity index (χ1) is 3.39. The largest absolute Gasteiger partial charge is 0.354 e. The van der Waals surface area contributed by atoms with Crippen LogP contribution in [0.1, 0.15) is 2.85 Å². The van der Waals surface area contributed by atoms with Crippen LogP contribution in [0.4, 0.5) is 0 Å². The first kappa shape index (κ1) is 4.59. The van der Waals surface area contributed by atoms with Gasteiger partial charge in [0.05, 0.1) is 6.54 Å². The molecule has 1 fully saturated rings. The number of piperazine rings is 1. The second-order valence-electron chi connectivity index (χ2n) is 1.53. The second kappa shape index (κ2) is 1.93. The molecule has 3 nitrogen and oxygen atoms in total. The van der Waals surface area contributed by atoms with Gasteiger partial charge in [0.15, 0.2) is 0 Å². The maximum atomic E-state index is 10.3. The molecule has 0 spiro atoms. The van der Waals surface area contributed by atoms with Gasteiger partial charge in [0.1, 0.15) is 0 Å². The minimum Gasteiger partial charge on any atom is -0.354 e. The van der Waals surface area contributed by atoms with Crippen LogP contribution >= 0.6 is 0 Å². The molecule has 0 aromatic carbocycles. The SMILES string of the molecule is O=C1CNCCN1.[HH].[HH]. The quantitative estimate of drug-likeness (QED) is 0.422. The van der Waals surface area contributed by atoms with Crippen molar-refractivity contribution in [2.75, 3.05) is 19.6 Å². The molecule has 3 heteroatoms. The van der Waals surface area contributed by atoms with Crippen molar-refractivity contribution in [3.05, 3.63) is 0 Å². The average Bonchev–Trinajstić information content (AvgIpc) is 1.69. The Labute approximate surface area is 45.1 Å². The van der Waals surface area contributed by atoms with Gasteiger partial charge in [-0.2, -0.15) is 0 Å². The van der Waals surface area contributed by atoms with E-state index in [1.165, 1.54) is 0 Å². The first-order valence-electron chi connectivity index (χ1n) is 2.37. The summed E-state index contributed by atoms with van der Waals surface area (Å²) in [5, 5.41) is 5.60. The molecule has 0 aliphatic carbocycles. The molecule has 1 saturated heterocycles. The van der Waals surface area contributed by atoms with Gasteiger partial charge in [-0.15, -0.1) is 0 Å². The van der Waals surface area contributed by atoms with E-state index in [4.69, 9.17) is 0 Å². The Kier molecular flexibility index (Phi) is 1.26. The van der Waals surface area contributed by atoms with Crippen molar-refractivity contribution in [1.82, 2.24) is 10.6 Å². The fraction of sp³-hybridized carbons (Fsp3) is 0.750. The Morgan fingerprint density at radius 3 is 2.71 bits per heavy atom. The number of nitrogens with one attached hydrogen (secondary N) is 2. The summed E-state index contributed by atoms with van der Waals surface area (Å²) in [5.41, 5.74) is 0. The lowest BCUT2D eigenvalue weighted by atomic mass is 10.4. The van der Waals surface area contributed by atoms with Crippen molar-refractivity contribution in [3.8, 4) is 0 Å². The molecule has 0 aromatic heterocycles. The summed E-state index contributed by atoms with van der Waals surface area (Å²) in [7, 11) is 0. The molecule has 0 saturated carbocycles. The predicted octanol–water partition coefficient (Wildman–Crippen LogP) is -0.802. The first-order valence-corrected chi connectivity index (χ1v) is 2.37. The molecule has 0 atom stereocenters. The molecule has 0 radical (unpaired) electrons. The van der Waals surface area contributed by atoms with Gasteiger partial charge in [-0.1, -0.05) is 0 Å². The molecule has 0 bridgehead atoms. The lowest BCUT2D eigenvalue weighted by Gasteiger charge is -2.11. The fourth-order valence-electron chi connectivity index (χ4n) is 0.555. The van der Waals surface area contributed by atoms with Crippen LogP contribution < -0.4 is 10.6 Å². The third-order valence-electron chi connectivity index (χ3n) is 0.910.